The summed E-state index contributed by atoms with van der Waals surface area (Å²) < 4.78 is 0. The van der Waals surface area contributed by atoms with E-state index in [0.29, 0.717) is 9.04 Å². The van der Waals surface area contributed by atoms with E-state index in [1.165, 1.54) is 77.0 Å². The van der Waals surface area contributed by atoms with Crippen LogP contribution in [-0.2, 0) is 0 Å². The number of hydrogen-bond donors (Lipinski definition) is 0. The first-order valence-corrected chi connectivity index (χ1v) is 17.7. The molecule has 0 heterocycles. The van der Waals surface area contributed by atoms with Crippen molar-refractivity contribution < 1.29 is 0 Å². The van der Waals surface area contributed by atoms with Gasteiger partial charge in [-0.05, 0) is 0 Å². The van der Waals surface area contributed by atoms with Gasteiger partial charge in [0.25, 0.3) is 0 Å². The predicted molar refractivity (Wildman–Crippen MR) is 116 cm³/mol. The molecule has 0 aliphatic carbocycles. The van der Waals surface area contributed by atoms with E-state index in [4.69, 9.17) is 0 Å². The quantitative estimate of drug-likeness (QED) is 0.169. The Labute approximate surface area is 152 Å². The zero-order valence-electron chi connectivity index (χ0n) is 17.0. The van der Waals surface area contributed by atoms with Gasteiger partial charge in [-0.15, -0.1) is 0 Å². The van der Waals surface area contributed by atoms with Crippen LogP contribution in [-0.4, -0.2) is 17.4 Å². The van der Waals surface area contributed by atoms with Gasteiger partial charge in [0.15, 0.2) is 0 Å². The van der Waals surface area contributed by atoms with Gasteiger partial charge < -0.3 is 0 Å². The van der Waals surface area contributed by atoms with Gasteiger partial charge in [-0.1, -0.05) is 135 Å². The molecule has 0 aromatic rings. The van der Waals surface area contributed by atoms with Gasteiger partial charge in [0.05, 0.1) is 0 Å². The normalized spacial score (nSPS) is 12.0. The molecule has 0 aromatic heterocycles. The maximum Gasteiger partial charge on any atom is 0.0238 e. The Morgan fingerprint density at radius 2 is 0.783 bits per heavy atom. The molecule has 2 heteroatoms. The van der Waals surface area contributed by atoms with Gasteiger partial charge in [0.1, 0.15) is 0 Å². The van der Waals surface area contributed by atoms with Crippen molar-refractivity contribution >= 4 is 17.4 Å². The maximum absolute atomic E-state index is 2.60. The van der Waals surface area contributed by atoms with Crippen LogP contribution in [0.25, 0.3) is 0 Å². The Morgan fingerprint density at radius 1 is 0.478 bits per heavy atom. The first kappa shape index (κ1) is 23.4. The molecule has 23 heavy (non-hydrogen) atoms. The lowest BCUT2D eigenvalue weighted by Gasteiger charge is -2.12. The van der Waals surface area contributed by atoms with Crippen LogP contribution < -0.4 is 0 Å². The van der Waals surface area contributed by atoms with E-state index in [9.17, 15) is 0 Å². The number of unbranched alkanes of at least 4 members (excludes halogenated alkanes) is 14. The Balaban J connectivity index is 3.29. The summed E-state index contributed by atoms with van der Waals surface area (Å²) in [6.45, 7) is 7.23. The van der Waals surface area contributed by atoms with Crippen molar-refractivity contribution in [2.75, 3.05) is 0 Å². The molecule has 140 valence electrons. The fourth-order valence-electron chi connectivity index (χ4n) is 3.69. The van der Waals surface area contributed by atoms with Crippen LogP contribution in [0, 0.1) is 0 Å². The minimum Gasteiger partial charge on any atom is -0.0769 e. The van der Waals surface area contributed by atoms with Gasteiger partial charge in [-0.3, -0.25) is 0 Å². The largest absolute Gasteiger partial charge is 0.0769 e. The molecule has 0 aromatic carbocycles. The zero-order chi connectivity index (χ0) is 17.0. The lowest BCUT2D eigenvalue weighted by molar-refractivity contribution is 0.581. The van der Waals surface area contributed by atoms with Crippen LogP contribution in [0.1, 0.15) is 117 Å². The van der Waals surface area contributed by atoms with Crippen LogP contribution in [0.3, 0.4) is 0 Å². The lowest BCUT2D eigenvalue weighted by atomic mass is 10.1. The monoisotopic (exact) mass is 356 g/mol. The van der Waals surface area contributed by atoms with Crippen LogP contribution in [0.4, 0.5) is 0 Å². The molecule has 0 nitrogen and oxygen atoms in total. The summed E-state index contributed by atoms with van der Waals surface area (Å²) in [5.74, 6) is 0. The molecule has 0 radical (unpaired) electrons. The highest BCUT2D eigenvalue weighted by atomic mass is 29.2. The Morgan fingerprint density at radius 3 is 1.09 bits per heavy atom. The third-order valence-electron chi connectivity index (χ3n) is 5.51. The smallest absolute Gasteiger partial charge is 0.0238 e. The minimum absolute atomic E-state index is 0.214. The average molecular weight is 357 g/mol. The van der Waals surface area contributed by atoms with Gasteiger partial charge >= 0.3 is 0 Å². The molecule has 0 fully saturated rings. The maximum atomic E-state index is 2.60. The third kappa shape index (κ3) is 18.6. The molecule has 0 saturated carbocycles. The summed E-state index contributed by atoms with van der Waals surface area (Å²) in [6, 6.07) is 3.41. The Kier molecular flexibility index (Phi) is 20.9. The first-order valence-electron chi connectivity index (χ1n) is 11.3. The summed E-state index contributed by atoms with van der Waals surface area (Å²) in [5.41, 5.74) is 0. The first-order chi connectivity index (χ1) is 11.3. The van der Waals surface area contributed by atoms with Crippen LogP contribution in [0.15, 0.2) is 0 Å². The fraction of sp³-hybridized carbons (Fsp3) is 1.00. The lowest BCUT2D eigenvalue weighted by Crippen LogP contribution is -2.19. The molecular weight excluding hydrogens is 308 g/mol. The molecule has 0 spiro atoms. The van der Waals surface area contributed by atoms with Crippen molar-refractivity contribution in [2.24, 2.45) is 0 Å². The van der Waals surface area contributed by atoms with Crippen molar-refractivity contribution in [3.63, 3.8) is 0 Å². The second-order valence-electron chi connectivity index (χ2n) is 7.80. The van der Waals surface area contributed by atoms with Crippen LogP contribution >= 0.6 is 0 Å². The molecule has 0 rings (SSSR count). The van der Waals surface area contributed by atoms with Crippen molar-refractivity contribution in [1.29, 1.82) is 0 Å². The molecule has 0 atom stereocenters. The zero-order valence-corrected chi connectivity index (χ0v) is 19.6. The van der Waals surface area contributed by atoms with Gasteiger partial charge in [-0.2, -0.15) is 0 Å². The highest BCUT2D eigenvalue weighted by Crippen LogP contribution is 2.15. The molecular formula is C21H48Si2. The van der Waals surface area contributed by atoms with Gasteiger partial charge in [0, 0.05) is 17.4 Å². The fourth-order valence-corrected chi connectivity index (χ4v) is 10.7. The van der Waals surface area contributed by atoms with E-state index in [1.807, 2.05) is 0 Å². The molecule has 0 aliphatic rings. The summed E-state index contributed by atoms with van der Waals surface area (Å²) in [6.07, 6.45) is 23.9. The number of hydrogen-bond acceptors (Lipinski definition) is 0. The van der Waals surface area contributed by atoms with Gasteiger partial charge in [0.2, 0.25) is 0 Å². The molecule has 0 saturated heterocycles. The van der Waals surface area contributed by atoms with E-state index in [1.54, 1.807) is 37.8 Å². The summed E-state index contributed by atoms with van der Waals surface area (Å²) >= 11 is 0. The standard InChI is InChI=1S/C21H48Si2/c1-4-6-8-10-12-14-16-18-20-23(22-3)21-19-17-15-13-11-9-7-5-2/h23H,4-22H2,1-3H3. The van der Waals surface area contributed by atoms with E-state index in [2.05, 4.69) is 20.4 Å². The van der Waals surface area contributed by atoms with Crippen molar-refractivity contribution in [3.05, 3.63) is 0 Å². The van der Waals surface area contributed by atoms with Crippen molar-refractivity contribution in [3.8, 4) is 0 Å². The van der Waals surface area contributed by atoms with E-state index >= 15 is 0 Å². The van der Waals surface area contributed by atoms with Crippen molar-refractivity contribution in [1.82, 2.24) is 0 Å². The summed E-state index contributed by atoms with van der Waals surface area (Å²) in [5, 5.41) is 0. The topological polar surface area (TPSA) is 0 Å². The minimum atomic E-state index is -0.214. The molecule has 0 aliphatic heterocycles. The van der Waals surface area contributed by atoms with Crippen molar-refractivity contribution in [2.45, 2.75) is 135 Å². The molecule has 0 N–H and O–H groups in total. The number of rotatable bonds is 19. The highest BCUT2D eigenvalue weighted by Gasteiger charge is 2.07. The highest BCUT2D eigenvalue weighted by molar-refractivity contribution is 7.11. The predicted octanol–water partition coefficient (Wildman–Crippen LogP) is 7.21. The average Bonchev–Trinajstić information content (AvgIpc) is 2.57. The Bertz CT molecular complexity index is 186. The SMILES string of the molecule is CCCCCCCCCC[SiH](CCCCCCCCCC)[SiH2]C. The van der Waals surface area contributed by atoms with E-state index in [-0.39, 0.29) is 8.31 Å². The summed E-state index contributed by atoms with van der Waals surface area (Å²) in [7, 11) is 0.151. The second kappa shape index (κ2) is 20.5. The van der Waals surface area contributed by atoms with Crippen LogP contribution in [0.5, 0.6) is 0 Å². The third-order valence-corrected chi connectivity index (χ3v) is 15.0. The van der Waals surface area contributed by atoms with E-state index in [0.717, 1.165) is 0 Å². The second-order valence-corrected chi connectivity index (χ2v) is 17.4. The van der Waals surface area contributed by atoms with Crippen LogP contribution in [0.2, 0.25) is 18.6 Å². The molecule has 0 amide bonds. The van der Waals surface area contributed by atoms with Gasteiger partial charge in [-0.25, -0.2) is 0 Å². The Hall–Kier alpha value is 0.434. The van der Waals surface area contributed by atoms with E-state index < -0.39 is 0 Å². The summed E-state index contributed by atoms with van der Waals surface area (Å²) in [4.78, 5) is 0. The molecule has 0 unspecified atom stereocenters. The molecule has 0 bridgehead atoms.